The van der Waals surface area contributed by atoms with Crippen molar-refractivity contribution in [1.82, 2.24) is 20.2 Å². The zero-order valence-corrected chi connectivity index (χ0v) is 16.0. The molecule has 7 nitrogen and oxygen atoms in total. The van der Waals surface area contributed by atoms with E-state index in [-0.39, 0.29) is 16.9 Å². The van der Waals surface area contributed by atoms with Gasteiger partial charge in [0.1, 0.15) is 0 Å². The van der Waals surface area contributed by atoms with Crippen LogP contribution >= 0.6 is 0 Å². The summed E-state index contributed by atoms with van der Waals surface area (Å²) in [6.07, 6.45) is 5.24. The molecule has 3 heterocycles. The molecule has 0 aromatic carbocycles. The van der Waals surface area contributed by atoms with E-state index >= 15 is 0 Å². The quantitative estimate of drug-likeness (QED) is 0.798. The highest BCUT2D eigenvalue weighted by atomic mass is 16.4. The van der Waals surface area contributed by atoms with Gasteiger partial charge in [-0.1, -0.05) is 20.3 Å². The van der Waals surface area contributed by atoms with Gasteiger partial charge in [-0.3, -0.25) is 15.1 Å². The van der Waals surface area contributed by atoms with Crippen LogP contribution in [0.5, 0.6) is 0 Å². The van der Waals surface area contributed by atoms with Crippen LogP contribution in [0.2, 0.25) is 0 Å². The van der Waals surface area contributed by atoms with E-state index in [1.165, 1.54) is 0 Å². The van der Waals surface area contributed by atoms with Crippen LogP contribution in [-0.4, -0.2) is 76.2 Å². The number of piperidine rings is 1. The van der Waals surface area contributed by atoms with Gasteiger partial charge in [-0.25, -0.2) is 9.80 Å². The van der Waals surface area contributed by atoms with Crippen molar-refractivity contribution in [2.24, 2.45) is 11.3 Å². The first-order chi connectivity index (χ1) is 12.4. The molecule has 2 amide bonds. The van der Waals surface area contributed by atoms with E-state index in [0.717, 1.165) is 58.3 Å². The van der Waals surface area contributed by atoms with Crippen LogP contribution in [0.1, 0.15) is 52.4 Å². The lowest BCUT2D eigenvalue weighted by atomic mass is 9.54. The van der Waals surface area contributed by atoms with E-state index in [2.05, 4.69) is 29.2 Å². The van der Waals surface area contributed by atoms with Crippen molar-refractivity contribution < 1.29 is 14.7 Å². The number of amides is 2. The van der Waals surface area contributed by atoms with Crippen LogP contribution in [0.3, 0.4) is 0 Å². The summed E-state index contributed by atoms with van der Waals surface area (Å²) in [4.78, 5) is 27.5. The topological polar surface area (TPSA) is 76.1 Å². The molecule has 0 radical (unpaired) electrons. The Labute approximate surface area is 155 Å². The van der Waals surface area contributed by atoms with Gasteiger partial charge in [-0.15, -0.1) is 0 Å². The molecule has 3 unspecified atom stereocenters. The monoisotopic (exact) mass is 364 g/mol. The highest BCUT2D eigenvalue weighted by Crippen LogP contribution is 2.56. The number of carbonyl (C=O) groups excluding carboxylic acids is 1. The first-order valence-electron chi connectivity index (χ1n) is 10.2. The van der Waals surface area contributed by atoms with Gasteiger partial charge in [-0.05, 0) is 37.0 Å². The third-order valence-electron chi connectivity index (χ3n) is 7.80. The number of hydrazine groups is 1. The molecule has 3 aliphatic heterocycles. The summed E-state index contributed by atoms with van der Waals surface area (Å²) in [5.41, 5.74) is 3.25. The highest BCUT2D eigenvalue weighted by molar-refractivity contribution is 5.79. The fraction of sp³-hybridized carbons (Fsp3) is 0.895. The summed E-state index contributed by atoms with van der Waals surface area (Å²) in [6, 6.07) is 0.589. The van der Waals surface area contributed by atoms with E-state index < -0.39 is 6.09 Å². The van der Waals surface area contributed by atoms with Crippen molar-refractivity contribution in [3.05, 3.63) is 0 Å². The molecule has 1 saturated carbocycles. The van der Waals surface area contributed by atoms with Crippen LogP contribution in [0.15, 0.2) is 0 Å². The van der Waals surface area contributed by atoms with Crippen molar-refractivity contribution >= 4 is 12.0 Å². The van der Waals surface area contributed by atoms with Gasteiger partial charge in [0.15, 0.2) is 0 Å². The average molecular weight is 364 g/mol. The van der Waals surface area contributed by atoms with E-state index in [9.17, 15) is 14.7 Å². The minimum Gasteiger partial charge on any atom is -0.465 e. The maximum atomic E-state index is 11.9. The largest absolute Gasteiger partial charge is 0.465 e. The third-order valence-corrected chi connectivity index (χ3v) is 7.80. The first kappa shape index (κ1) is 18.0. The van der Waals surface area contributed by atoms with E-state index in [1.54, 1.807) is 4.90 Å². The number of carbonyl (C=O) groups is 2. The number of nitrogens with one attached hydrogen (secondary N) is 1. The second-order valence-electron chi connectivity index (χ2n) is 8.82. The van der Waals surface area contributed by atoms with Gasteiger partial charge in [0.05, 0.1) is 5.54 Å². The predicted octanol–water partition coefficient (Wildman–Crippen LogP) is 1.75. The molecule has 4 aliphatic rings. The lowest BCUT2D eigenvalue weighted by Crippen LogP contribution is -2.63. The van der Waals surface area contributed by atoms with Crippen molar-refractivity contribution in [2.75, 3.05) is 32.7 Å². The lowest BCUT2D eigenvalue weighted by Gasteiger charge is -2.59. The molecule has 7 heteroatoms. The maximum absolute atomic E-state index is 11.9. The summed E-state index contributed by atoms with van der Waals surface area (Å²) in [5, 5.41) is 11.5. The van der Waals surface area contributed by atoms with Gasteiger partial charge in [0, 0.05) is 45.2 Å². The van der Waals surface area contributed by atoms with Crippen molar-refractivity contribution in [2.45, 2.75) is 64.0 Å². The second kappa shape index (κ2) is 6.37. The van der Waals surface area contributed by atoms with Gasteiger partial charge in [0.25, 0.3) is 0 Å². The zero-order valence-electron chi connectivity index (χ0n) is 16.0. The standard InChI is InChI=1S/C19H32N4O3/c1-3-14-15(11-18(14)5-8-22(13-18)17(25)26)21-9-6-19(7-10-21)12-16(24)20-23(19)4-2/h14-15H,3-13H2,1-2H3,(H,20,24)(H,25,26). The zero-order chi connectivity index (χ0) is 18.5. The second-order valence-corrected chi connectivity index (χ2v) is 8.82. The summed E-state index contributed by atoms with van der Waals surface area (Å²) < 4.78 is 0. The van der Waals surface area contributed by atoms with Gasteiger partial charge < -0.3 is 10.0 Å². The molecule has 0 aromatic heterocycles. The molecular formula is C19H32N4O3. The molecular weight excluding hydrogens is 332 g/mol. The van der Waals surface area contributed by atoms with Crippen LogP contribution in [-0.2, 0) is 4.79 Å². The van der Waals surface area contributed by atoms with Crippen molar-refractivity contribution in [3.8, 4) is 0 Å². The highest BCUT2D eigenvalue weighted by Gasteiger charge is 2.58. The fourth-order valence-electron chi connectivity index (χ4n) is 6.41. The average Bonchev–Trinajstić information content (AvgIpc) is 3.18. The van der Waals surface area contributed by atoms with Crippen LogP contribution in [0, 0.1) is 11.3 Å². The summed E-state index contributed by atoms with van der Waals surface area (Å²) >= 11 is 0. The third kappa shape index (κ3) is 2.62. The molecule has 1 aliphatic carbocycles. The van der Waals surface area contributed by atoms with Crippen LogP contribution in [0.4, 0.5) is 4.79 Å². The number of hydrogen-bond donors (Lipinski definition) is 2. The molecule has 3 atom stereocenters. The summed E-state index contributed by atoms with van der Waals surface area (Å²) in [6.45, 7) is 8.73. The summed E-state index contributed by atoms with van der Waals surface area (Å²) in [5.74, 6) is 0.764. The summed E-state index contributed by atoms with van der Waals surface area (Å²) in [7, 11) is 0. The van der Waals surface area contributed by atoms with E-state index in [4.69, 9.17) is 0 Å². The molecule has 2 N–H and O–H groups in total. The molecule has 4 fully saturated rings. The maximum Gasteiger partial charge on any atom is 0.407 e. The Morgan fingerprint density at radius 2 is 1.96 bits per heavy atom. The van der Waals surface area contributed by atoms with Crippen LogP contribution in [0.25, 0.3) is 0 Å². The molecule has 4 rings (SSSR count). The lowest BCUT2D eigenvalue weighted by molar-refractivity contribution is -0.120. The van der Waals surface area contributed by atoms with Crippen molar-refractivity contribution in [3.63, 3.8) is 0 Å². The normalized spacial score (nSPS) is 37.3. The number of hydrogen-bond acceptors (Lipinski definition) is 4. The number of carboxylic acid groups (broad SMARTS) is 1. The molecule has 3 saturated heterocycles. The Kier molecular flexibility index (Phi) is 4.42. The minimum absolute atomic E-state index is 0.0128. The van der Waals surface area contributed by atoms with Gasteiger partial charge in [0.2, 0.25) is 5.91 Å². The molecule has 2 spiro atoms. The Morgan fingerprint density at radius 1 is 1.23 bits per heavy atom. The minimum atomic E-state index is -0.766. The van der Waals surface area contributed by atoms with E-state index in [0.29, 0.717) is 24.9 Å². The molecule has 0 bridgehead atoms. The Morgan fingerprint density at radius 3 is 2.54 bits per heavy atom. The van der Waals surface area contributed by atoms with Crippen molar-refractivity contribution in [1.29, 1.82) is 0 Å². The van der Waals surface area contributed by atoms with Gasteiger partial charge >= 0.3 is 6.09 Å². The predicted molar refractivity (Wildman–Crippen MR) is 97.5 cm³/mol. The SMILES string of the molecule is CCC1C(N2CCC3(CC2)CC(=O)NN3CC)CC12CCN(C(=O)O)C2. The smallest absolute Gasteiger partial charge is 0.407 e. The Bertz CT molecular complexity index is 589. The fourth-order valence-corrected chi connectivity index (χ4v) is 6.41. The van der Waals surface area contributed by atoms with Gasteiger partial charge in [-0.2, -0.15) is 0 Å². The number of rotatable bonds is 3. The first-order valence-corrected chi connectivity index (χ1v) is 10.2. The molecule has 146 valence electrons. The Balaban J connectivity index is 1.39. The van der Waals surface area contributed by atoms with Crippen LogP contribution < -0.4 is 5.43 Å². The van der Waals surface area contributed by atoms with E-state index in [1.807, 2.05) is 0 Å². The number of nitrogens with zero attached hydrogens (tertiary/aromatic N) is 3. The Hall–Kier alpha value is -1.34. The molecule has 26 heavy (non-hydrogen) atoms. The number of likely N-dealkylation sites (tertiary alicyclic amines) is 2. The molecule has 0 aromatic rings.